The summed E-state index contributed by atoms with van der Waals surface area (Å²) in [5.41, 5.74) is 2.98. The molecule has 0 spiro atoms. The average Bonchev–Trinajstić information content (AvgIpc) is 2.49. The molecule has 0 radical (unpaired) electrons. The van der Waals surface area contributed by atoms with Gasteiger partial charge in [0.15, 0.2) is 0 Å². The Hall–Kier alpha value is -2.11. The molecule has 114 valence electrons. The van der Waals surface area contributed by atoms with E-state index in [1.165, 1.54) is 0 Å². The predicted octanol–water partition coefficient (Wildman–Crippen LogP) is 1.28. The zero-order valence-electron chi connectivity index (χ0n) is 12.6. The fourth-order valence-electron chi connectivity index (χ4n) is 2.25. The van der Waals surface area contributed by atoms with Crippen LogP contribution in [0.2, 0.25) is 0 Å². The standard InChI is InChI=1S/C17H20BNO3/c1-13-7-9-15(10-8-13)11-16(18(21)22)19-17(20)12-14-5-3-2-4-6-14/h2-10,16,21-22H,11-12H2,1H3,(H,19,20). The van der Waals surface area contributed by atoms with Gasteiger partial charge in [-0.05, 0) is 24.5 Å². The van der Waals surface area contributed by atoms with E-state index in [-0.39, 0.29) is 12.3 Å². The highest BCUT2D eigenvalue weighted by Crippen LogP contribution is 2.07. The lowest BCUT2D eigenvalue weighted by Crippen LogP contribution is -2.48. The summed E-state index contributed by atoms with van der Waals surface area (Å²) in [6.45, 7) is 1.99. The van der Waals surface area contributed by atoms with Crippen molar-refractivity contribution >= 4 is 13.0 Å². The Kier molecular flexibility index (Phi) is 5.75. The fourth-order valence-corrected chi connectivity index (χ4v) is 2.25. The molecule has 5 heteroatoms. The molecule has 4 nitrogen and oxygen atoms in total. The smallest absolute Gasteiger partial charge is 0.426 e. The number of nitrogens with one attached hydrogen (secondary N) is 1. The first kappa shape index (κ1) is 16.3. The van der Waals surface area contributed by atoms with E-state index in [9.17, 15) is 14.8 Å². The molecule has 0 fully saturated rings. The lowest BCUT2D eigenvalue weighted by molar-refractivity contribution is -0.120. The zero-order valence-corrected chi connectivity index (χ0v) is 12.6. The van der Waals surface area contributed by atoms with Crippen molar-refractivity contribution in [3.63, 3.8) is 0 Å². The van der Waals surface area contributed by atoms with Gasteiger partial charge in [-0.25, -0.2) is 0 Å². The van der Waals surface area contributed by atoms with Gasteiger partial charge in [-0.1, -0.05) is 60.2 Å². The third kappa shape index (κ3) is 5.02. The third-order valence-corrected chi connectivity index (χ3v) is 3.49. The number of hydrogen-bond donors (Lipinski definition) is 3. The number of carbonyl (C=O) groups is 1. The summed E-state index contributed by atoms with van der Waals surface area (Å²) in [6, 6.07) is 17.1. The van der Waals surface area contributed by atoms with Gasteiger partial charge in [0.2, 0.25) is 5.91 Å². The molecule has 1 atom stereocenters. The minimum atomic E-state index is -1.60. The van der Waals surface area contributed by atoms with Crippen LogP contribution in [0.25, 0.3) is 0 Å². The molecule has 0 saturated carbocycles. The molecule has 2 aromatic carbocycles. The number of amides is 1. The highest BCUT2D eigenvalue weighted by molar-refractivity contribution is 6.43. The second-order valence-electron chi connectivity index (χ2n) is 5.44. The molecule has 0 bridgehead atoms. The molecule has 0 aliphatic heterocycles. The predicted molar refractivity (Wildman–Crippen MR) is 87.2 cm³/mol. The van der Waals surface area contributed by atoms with E-state index in [1.54, 1.807) is 0 Å². The maximum atomic E-state index is 12.0. The van der Waals surface area contributed by atoms with Gasteiger partial charge in [0.05, 0.1) is 12.4 Å². The van der Waals surface area contributed by atoms with Gasteiger partial charge in [-0.2, -0.15) is 0 Å². The molecule has 22 heavy (non-hydrogen) atoms. The van der Waals surface area contributed by atoms with Crippen molar-refractivity contribution in [2.24, 2.45) is 0 Å². The molecule has 3 N–H and O–H groups in total. The first-order valence-electron chi connectivity index (χ1n) is 7.29. The van der Waals surface area contributed by atoms with Crippen LogP contribution in [-0.4, -0.2) is 29.0 Å². The zero-order chi connectivity index (χ0) is 15.9. The Morgan fingerprint density at radius 2 is 1.68 bits per heavy atom. The van der Waals surface area contributed by atoms with Crippen LogP contribution < -0.4 is 5.32 Å². The SMILES string of the molecule is Cc1ccc(CC(NC(=O)Cc2ccccc2)B(O)O)cc1. The molecule has 0 aromatic heterocycles. The molecule has 1 unspecified atom stereocenters. The topological polar surface area (TPSA) is 69.6 Å². The maximum Gasteiger partial charge on any atom is 0.475 e. The summed E-state index contributed by atoms with van der Waals surface area (Å²) < 4.78 is 0. The maximum absolute atomic E-state index is 12.0. The second-order valence-corrected chi connectivity index (χ2v) is 5.44. The van der Waals surface area contributed by atoms with Crippen molar-refractivity contribution in [3.05, 3.63) is 71.3 Å². The van der Waals surface area contributed by atoms with Crippen molar-refractivity contribution < 1.29 is 14.8 Å². The van der Waals surface area contributed by atoms with Gasteiger partial charge < -0.3 is 15.4 Å². The van der Waals surface area contributed by atoms with Gasteiger partial charge in [-0.3, -0.25) is 4.79 Å². The summed E-state index contributed by atoms with van der Waals surface area (Å²) in [5.74, 6) is -0.949. The third-order valence-electron chi connectivity index (χ3n) is 3.49. The first-order chi connectivity index (χ1) is 10.5. The highest BCUT2D eigenvalue weighted by Gasteiger charge is 2.25. The number of carbonyl (C=O) groups excluding carboxylic acids is 1. The van der Waals surface area contributed by atoms with Gasteiger partial charge in [0, 0.05) is 0 Å². The lowest BCUT2D eigenvalue weighted by Gasteiger charge is -2.18. The van der Waals surface area contributed by atoms with E-state index < -0.39 is 13.1 Å². The fraction of sp³-hybridized carbons (Fsp3) is 0.235. The van der Waals surface area contributed by atoms with Crippen molar-refractivity contribution in [3.8, 4) is 0 Å². The van der Waals surface area contributed by atoms with E-state index >= 15 is 0 Å². The van der Waals surface area contributed by atoms with Crippen LogP contribution in [0.4, 0.5) is 0 Å². The quantitative estimate of drug-likeness (QED) is 0.703. The molecule has 0 heterocycles. The second kappa shape index (κ2) is 7.78. The Morgan fingerprint density at radius 3 is 2.27 bits per heavy atom. The van der Waals surface area contributed by atoms with Crippen LogP contribution in [-0.2, 0) is 17.6 Å². The van der Waals surface area contributed by atoms with Crippen LogP contribution in [0.1, 0.15) is 16.7 Å². The molecule has 1 amide bonds. The van der Waals surface area contributed by atoms with E-state index in [0.717, 1.165) is 16.7 Å². The van der Waals surface area contributed by atoms with Crippen LogP contribution in [0.15, 0.2) is 54.6 Å². The normalized spacial score (nSPS) is 11.8. The number of rotatable bonds is 6. The Balaban J connectivity index is 1.96. The van der Waals surface area contributed by atoms with E-state index in [4.69, 9.17) is 0 Å². The van der Waals surface area contributed by atoms with Gasteiger partial charge in [0.1, 0.15) is 0 Å². The van der Waals surface area contributed by atoms with Crippen LogP contribution >= 0.6 is 0 Å². The van der Waals surface area contributed by atoms with Crippen molar-refractivity contribution in [1.29, 1.82) is 0 Å². The van der Waals surface area contributed by atoms with E-state index in [1.807, 2.05) is 61.5 Å². The molecule has 0 saturated heterocycles. The van der Waals surface area contributed by atoms with Crippen LogP contribution in [0, 0.1) is 6.92 Å². The van der Waals surface area contributed by atoms with Gasteiger partial charge in [-0.15, -0.1) is 0 Å². The Labute approximate surface area is 131 Å². The monoisotopic (exact) mass is 297 g/mol. The van der Waals surface area contributed by atoms with Crippen LogP contribution in [0.5, 0.6) is 0 Å². The number of benzene rings is 2. The summed E-state index contributed by atoms with van der Waals surface area (Å²) in [6.07, 6.45) is 0.594. The van der Waals surface area contributed by atoms with Crippen LogP contribution in [0.3, 0.4) is 0 Å². The number of aryl methyl sites for hydroxylation is 1. The minimum absolute atomic E-state index is 0.220. The highest BCUT2D eigenvalue weighted by atomic mass is 16.4. The summed E-state index contributed by atoms with van der Waals surface area (Å²) in [7, 11) is -1.60. The largest absolute Gasteiger partial charge is 0.475 e. The van der Waals surface area contributed by atoms with Crippen molar-refractivity contribution in [2.45, 2.75) is 25.7 Å². The molecule has 2 rings (SSSR count). The van der Waals surface area contributed by atoms with Crippen molar-refractivity contribution in [1.82, 2.24) is 5.32 Å². The number of hydrogen-bond acceptors (Lipinski definition) is 3. The van der Waals surface area contributed by atoms with Gasteiger partial charge in [0.25, 0.3) is 0 Å². The molecule has 0 aliphatic carbocycles. The van der Waals surface area contributed by atoms with Gasteiger partial charge >= 0.3 is 7.12 Å². The molecular weight excluding hydrogens is 277 g/mol. The van der Waals surface area contributed by atoms with Crippen molar-refractivity contribution in [2.75, 3.05) is 0 Å². The summed E-state index contributed by atoms with van der Waals surface area (Å²) in [4.78, 5) is 12.0. The average molecular weight is 297 g/mol. The summed E-state index contributed by atoms with van der Waals surface area (Å²) >= 11 is 0. The minimum Gasteiger partial charge on any atom is -0.426 e. The van der Waals surface area contributed by atoms with E-state index in [0.29, 0.717) is 6.42 Å². The Bertz CT molecular complexity index is 599. The Morgan fingerprint density at radius 1 is 1.05 bits per heavy atom. The first-order valence-corrected chi connectivity index (χ1v) is 7.29. The molecular formula is C17H20BNO3. The summed E-state index contributed by atoms with van der Waals surface area (Å²) in [5, 5.41) is 21.7. The van der Waals surface area contributed by atoms with E-state index in [2.05, 4.69) is 5.32 Å². The lowest BCUT2D eigenvalue weighted by atomic mass is 9.75. The molecule has 0 aliphatic rings. The molecule has 2 aromatic rings.